The molecule has 27 heavy (non-hydrogen) atoms. The van der Waals surface area contributed by atoms with Gasteiger partial charge in [-0.1, -0.05) is 49.1 Å². The van der Waals surface area contributed by atoms with E-state index in [4.69, 9.17) is 9.47 Å². The van der Waals surface area contributed by atoms with E-state index < -0.39 is 11.6 Å². The van der Waals surface area contributed by atoms with Crippen molar-refractivity contribution < 1.29 is 18.3 Å². The quantitative estimate of drug-likeness (QED) is 0.578. The molecular formula is C23H24F2O2. The highest BCUT2D eigenvalue weighted by atomic mass is 19.2. The predicted octanol–water partition coefficient (Wildman–Crippen LogP) is 6.04. The van der Waals surface area contributed by atoms with E-state index in [0.29, 0.717) is 18.1 Å². The summed E-state index contributed by atoms with van der Waals surface area (Å²) in [5, 5.41) is 0. The molecule has 2 unspecified atom stereocenters. The van der Waals surface area contributed by atoms with E-state index in [1.54, 1.807) is 0 Å². The maximum absolute atomic E-state index is 14.4. The third-order valence-electron chi connectivity index (χ3n) is 4.81. The van der Waals surface area contributed by atoms with Crippen LogP contribution in [-0.2, 0) is 4.74 Å². The van der Waals surface area contributed by atoms with Gasteiger partial charge in [0.25, 0.3) is 0 Å². The zero-order valence-corrected chi connectivity index (χ0v) is 15.5. The molecule has 1 aliphatic rings. The minimum absolute atomic E-state index is 0.109. The van der Waals surface area contributed by atoms with Crippen molar-refractivity contribution in [2.75, 3.05) is 13.2 Å². The summed E-state index contributed by atoms with van der Waals surface area (Å²) in [7, 11) is 0. The first-order valence-corrected chi connectivity index (χ1v) is 9.20. The Balaban J connectivity index is 1.74. The van der Waals surface area contributed by atoms with E-state index in [2.05, 4.69) is 12.7 Å². The second-order valence-corrected chi connectivity index (χ2v) is 6.63. The van der Waals surface area contributed by atoms with E-state index in [1.807, 2.05) is 37.3 Å². The van der Waals surface area contributed by atoms with Crippen LogP contribution in [0.3, 0.4) is 0 Å². The third-order valence-corrected chi connectivity index (χ3v) is 4.81. The normalized spacial score (nSPS) is 20.0. The van der Waals surface area contributed by atoms with Crippen molar-refractivity contribution in [1.29, 1.82) is 0 Å². The standard InChI is InChI=1S/C23H24F2O2/c1-3-5-19-11-10-18(15-27-19)16-6-8-17(9-7-16)20-12-13-21(26-14-4-2)23(25)22(20)24/h3-9,12-13,18-19H,2,10-11,14-15H2,1H3/b5-3+. The van der Waals surface area contributed by atoms with Crippen molar-refractivity contribution >= 4 is 0 Å². The Bertz CT molecular complexity index is 804. The van der Waals surface area contributed by atoms with Crippen molar-refractivity contribution in [3.05, 3.63) is 78.4 Å². The fourth-order valence-corrected chi connectivity index (χ4v) is 3.35. The van der Waals surface area contributed by atoms with Crippen LogP contribution in [0.25, 0.3) is 11.1 Å². The molecule has 3 rings (SSSR count). The molecule has 2 aromatic rings. The lowest BCUT2D eigenvalue weighted by molar-refractivity contribution is 0.0326. The Morgan fingerprint density at radius 3 is 2.52 bits per heavy atom. The first-order chi connectivity index (χ1) is 13.1. The summed E-state index contributed by atoms with van der Waals surface area (Å²) >= 11 is 0. The Morgan fingerprint density at radius 1 is 1.11 bits per heavy atom. The van der Waals surface area contributed by atoms with E-state index in [-0.39, 0.29) is 24.0 Å². The first-order valence-electron chi connectivity index (χ1n) is 9.20. The van der Waals surface area contributed by atoms with E-state index in [1.165, 1.54) is 18.2 Å². The van der Waals surface area contributed by atoms with Gasteiger partial charge in [-0.2, -0.15) is 4.39 Å². The Morgan fingerprint density at radius 2 is 1.89 bits per heavy atom. The predicted molar refractivity (Wildman–Crippen MR) is 104 cm³/mol. The van der Waals surface area contributed by atoms with Gasteiger partial charge in [0, 0.05) is 11.5 Å². The summed E-state index contributed by atoms with van der Waals surface area (Å²) < 4.78 is 39.6. The molecule has 0 spiro atoms. The summed E-state index contributed by atoms with van der Waals surface area (Å²) in [6, 6.07) is 10.6. The summed E-state index contributed by atoms with van der Waals surface area (Å²) in [6.07, 6.45) is 7.82. The number of hydrogen-bond donors (Lipinski definition) is 0. The molecule has 142 valence electrons. The number of benzene rings is 2. The molecule has 2 aromatic carbocycles. The molecule has 0 N–H and O–H groups in total. The van der Waals surface area contributed by atoms with Crippen LogP contribution in [-0.4, -0.2) is 19.3 Å². The van der Waals surface area contributed by atoms with Gasteiger partial charge in [-0.25, -0.2) is 4.39 Å². The summed E-state index contributed by atoms with van der Waals surface area (Å²) in [5.41, 5.74) is 2.01. The zero-order valence-electron chi connectivity index (χ0n) is 15.5. The van der Waals surface area contributed by atoms with Crippen LogP contribution in [0, 0.1) is 11.6 Å². The van der Waals surface area contributed by atoms with Gasteiger partial charge in [0.05, 0.1) is 12.7 Å². The van der Waals surface area contributed by atoms with Gasteiger partial charge in [-0.3, -0.25) is 0 Å². The van der Waals surface area contributed by atoms with Crippen LogP contribution in [0.2, 0.25) is 0 Å². The molecule has 1 heterocycles. The van der Waals surface area contributed by atoms with Crippen molar-refractivity contribution in [1.82, 2.24) is 0 Å². The largest absolute Gasteiger partial charge is 0.486 e. The van der Waals surface area contributed by atoms with E-state index in [0.717, 1.165) is 18.4 Å². The Kier molecular flexibility index (Phi) is 6.40. The molecule has 0 bridgehead atoms. The topological polar surface area (TPSA) is 18.5 Å². The van der Waals surface area contributed by atoms with E-state index in [9.17, 15) is 8.78 Å². The molecule has 0 aromatic heterocycles. The van der Waals surface area contributed by atoms with Crippen LogP contribution in [0.5, 0.6) is 5.75 Å². The van der Waals surface area contributed by atoms with Crippen LogP contribution in [0.4, 0.5) is 8.78 Å². The van der Waals surface area contributed by atoms with Crippen molar-refractivity contribution in [2.24, 2.45) is 0 Å². The van der Waals surface area contributed by atoms with Crippen molar-refractivity contribution in [3.8, 4) is 16.9 Å². The molecule has 0 amide bonds. The molecule has 2 atom stereocenters. The lowest BCUT2D eigenvalue weighted by atomic mass is 9.90. The summed E-state index contributed by atoms with van der Waals surface area (Å²) in [4.78, 5) is 0. The minimum atomic E-state index is -0.978. The Labute approximate surface area is 159 Å². The molecule has 0 saturated carbocycles. The van der Waals surface area contributed by atoms with Gasteiger partial charge >= 0.3 is 0 Å². The molecule has 1 saturated heterocycles. The van der Waals surface area contributed by atoms with Crippen LogP contribution in [0.15, 0.2) is 61.2 Å². The smallest absolute Gasteiger partial charge is 0.201 e. The number of halogens is 2. The van der Waals surface area contributed by atoms with Gasteiger partial charge in [0.2, 0.25) is 5.82 Å². The third kappa shape index (κ3) is 4.45. The van der Waals surface area contributed by atoms with Gasteiger partial charge < -0.3 is 9.47 Å². The highest BCUT2D eigenvalue weighted by Gasteiger charge is 2.22. The van der Waals surface area contributed by atoms with Gasteiger partial charge in [-0.05, 0) is 43.0 Å². The van der Waals surface area contributed by atoms with Crippen molar-refractivity contribution in [3.63, 3.8) is 0 Å². The van der Waals surface area contributed by atoms with Gasteiger partial charge in [-0.15, -0.1) is 0 Å². The van der Waals surface area contributed by atoms with Crippen LogP contribution < -0.4 is 4.74 Å². The van der Waals surface area contributed by atoms with E-state index >= 15 is 0 Å². The molecule has 1 fully saturated rings. The molecule has 1 aliphatic heterocycles. The molecule has 0 radical (unpaired) electrons. The number of hydrogen-bond acceptors (Lipinski definition) is 2. The summed E-state index contributed by atoms with van der Waals surface area (Å²) in [6.45, 7) is 6.29. The highest BCUT2D eigenvalue weighted by Crippen LogP contribution is 2.33. The molecule has 0 aliphatic carbocycles. The maximum atomic E-state index is 14.4. The van der Waals surface area contributed by atoms with Crippen LogP contribution >= 0.6 is 0 Å². The maximum Gasteiger partial charge on any atom is 0.201 e. The van der Waals surface area contributed by atoms with Crippen molar-refractivity contribution in [2.45, 2.75) is 31.8 Å². The van der Waals surface area contributed by atoms with Crippen LogP contribution in [0.1, 0.15) is 31.2 Å². The second-order valence-electron chi connectivity index (χ2n) is 6.63. The zero-order chi connectivity index (χ0) is 19.2. The lowest BCUT2D eigenvalue weighted by Gasteiger charge is -2.27. The monoisotopic (exact) mass is 370 g/mol. The minimum Gasteiger partial charge on any atom is -0.486 e. The fraction of sp³-hybridized carbons (Fsp3) is 0.304. The highest BCUT2D eigenvalue weighted by molar-refractivity contribution is 5.65. The molecule has 4 heteroatoms. The second kappa shape index (κ2) is 8.96. The van der Waals surface area contributed by atoms with Gasteiger partial charge in [0.15, 0.2) is 11.6 Å². The van der Waals surface area contributed by atoms with Gasteiger partial charge in [0.1, 0.15) is 6.61 Å². The molecular weight excluding hydrogens is 346 g/mol. The SMILES string of the molecule is C=CCOc1ccc(-c2ccc(C3CCC(/C=C/C)OC3)cc2)c(F)c1F. The fourth-order valence-electron chi connectivity index (χ4n) is 3.35. The average Bonchev–Trinajstić information content (AvgIpc) is 2.70. The average molecular weight is 370 g/mol. The number of allylic oxidation sites excluding steroid dienone is 1. The Hall–Kier alpha value is -2.46. The number of rotatable bonds is 6. The lowest BCUT2D eigenvalue weighted by Crippen LogP contribution is -2.23. The first kappa shape index (κ1) is 19.3. The molecule has 2 nitrogen and oxygen atoms in total. The summed E-state index contributed by atoms with van der Waals surface area (Å²) in [5.74, 6) is -1.66. The number of ether oxygens (including phenoxy) is 2.